The second-order valence-electron chi connectivity index (χ2n) is 4.55. The number of hydrogen-bond donors (Lipinski definition) is 1. The van der Waals surface area contributed by atoms with Gasteiger partial charge in [-0.15, -0.1) is 0 Å². The van der Waals surface area contributed by atoms with Crippen LogP contribution in [0.2, 0.25) is 0 Å². The number of oxazole rings is 1. The Morgan fingerprint density at radius 3 is 2.81 bits per heavy atom. The topological polar surface area (TPSA) is 55.1 Å². The third-order valence-corrected chi connectivity index (χ3v) is 2.85. The highest BCUT2D eigenvalue weighted by Crippen LogP contribution is 2.20. The van der Waals surface area contributed by atoms with Crippen molar-refractivity contribution in [2.24, 2.45) is 5.41 Å². The van der Waals surface area contributed by atoms with Crippen LogP contribution in [-0.4, -0.2) is 22.8 Å². The van der Waals surface area contributed by atoms with Crippen LogP contribution in [-0.2, 0) is 0 Å². The Hall–Kier alpha value is -0.840. The predicted molar refractivity (Wildman–Crippen MR) is 65.8 cm³/mol. The number of nitrogens with zero attached hydrogens (tertiary/aromatic N) is 1. The second kappa shape index (κ2) is 5.48. The van der Waals surface area contributed by atoms with E-state index in [1.54, 1.807) is 6.92 Å². The van der Waals surface area contributed by atoms with Gasteiger partial charge in [0.1, 0.15) is 0 Å². The van der Waals surface area contributed by atoms with Crippen molar-refractivity contribution < 1.29 is 9.21 Å². The van der Waals surface area contributed by atoms with E-state index in [4.69, 9.17) is 4.42 Å². The van der Waals surface area contributed by atoms with Crippen LogP contribution in [0.25, 0.3) is 0 Å². The molecular weight excluding hydrogens is 272 g/mol. The zero-order valence-electron chi connectivity index (χ0n) is 9.84. The Morgan fingerprint density at radius 1 is 1.62 bits per heavy atom. The molecule has 0 fully saturated rings. The number of amides is 1. The summed E-state index contributed by atoms with van der Waals surface area (Å²) in [5.74, 6) is 0.104. The van der Waals surface area contributed by atoms with Crippen molar-refractivity contribution in [2.75, 3.05) is 11.9 Å². The number of alkyl halides is 1. The standard InChI is InChI=1S/C11H17BrN2O2/c1-8-9(16-7-14-8)10(15)13-6-11(2,3)4-5-12/h7H,4-6H2,1-3H3,(H,13,15). The van der Waals surface area contributed by atoms with Crippen molar-refractivity contribution >= 4 is 21.8 Å². The minimum Gasteiger partial charge on any atom is -0.438 e. The summed E-state index contributed by atoms with van der Waals surface area (Å²) in [6, 6.07) is 0. The summed E-state index contributed by atoms with van der Waals surface area (Å²) >= 11 is 3.40. The molecule has 5 heteroatoms. The summed E-state index contributed by atoms with van der Waals surface area (Å²) < 4.78 is 5.02. The molecule has 4 nitrogen and oxygen atoms in total. The van der Waals surface area contributed by atoms with E-state index in [0.29, 0.717) is 18.0 Å². The van der Waals surface area contributed by atoms with Gasteiger partial charge in [0.05, 0.1) is 5.69 Å². The van der Waals surface area contributed by atoms with Crippen LogP contribution < -0.4 is 5.32 Å². The lowest BCUT2D eigenvalue weighted by molar-refractivity contribution is 0.0907. The first-order valence-electron chi connectivity index (χ1n) is 5.20. The Bertz CT molecular complexity index is 361. The molecule has 0 unspecified atom stereocenters. The van der Waals surface area contributed by atoms with Gasteiger partial charge in [0.25, 0.3) is 5.91 Å². The summed E-state index contributed by atoms with van der Waals surface area (Å²) in [4.78, 5) is 15.6. The monoisotopic (exact) mass is 288 g/mol. The molecule has 1 amide bonds. The van der Waals surface area contributed by atoms with Crippen LogP contribution in [0.1, 0.15) is 36.5 Å². The first kappa shape index (κ1) is 13.2. The molecule has 16 heavy (non-hydrogen) atoms. The van der Waals surface area contributed by atoms with Crippen LogP contribution in [0, 0.1) is 12.3 Å². The first-order chi connectivity index (χ1) is 7.46. The van der Waals surface area contributed by atoms with E-state index in [-0.39, 0.29) is 11.3 Å². The van der Waals surface area contributed by atoms with Crippen LogP contribution in [0.5, 0.6) is 0 Å². The highest BCUT2D eigenvalue weighted by atomic mass is 79.9. The molecule has 0 saturated heterocycles. The molecule has 0 radical (unpaired) electrons. The van der Waals surface area contributed by atoms with Crippen molar-refractivity contribution in [1.29, 1.82) is 0 Å². The number of hydrogen-bond acceptors (Lipinski definition) is 3. The Balaban J connectivity index is 2.51. The number of aromatic nitrogens is 1. The molecule has 1 rings (SSSR count). The largest absolute Gasteiger partial charge is 0.438 e. The maximum Gasteiger partial charge on any atom is 0.289 e. The summed E-state index contributed by atoms with van der Waals surface area (Å²) in [5.41, 5.74) is 0.698. The van der Waals surface area contributed by atoms with E-state index in [1.807, 2.05) is 0 Å². The van der Waals surface area contributed by atoms with Crippen LogP contribution in [0.15, 0.2) is 10.8 Å². The number of carbonyl (C=O) groups is 1. The molecule has 1 aromatic heterocycles. The van der Waals surface area contributed by atoms with E-state index < -0.39 is 0 Å². The minimum absolute atomic E-state index is 0.0765. The average molecular weight is 289 g/mol. The number of nitrogens with one attached hydrogen (secondary N) is 1. The molecule has 1 N–H and O–H groups in total. The van der Waals surface area contributed by atoms with Gasteiger partial charge in [0.15, 0.2) is 6.39 Å². The van der Waals surface area contributed by atoms with Gasteiger partial charge in [-0.05, 0) is 18.8 Å². The van der Waals surface area contributed by atoms with Crippen molar-refractivity contribution in [3.8, 4) is 0 Å². The molecule has 0 saturated carbocycles. The SMILES string of the molecule is Cc1ncoc1C(=O)NCC(C)(C)CCBr. The molecule has 0 aliphatic rings. The van der Waals surface area contributed by atoms with Gasteiger partial charge in [-0.3, -0.25) is 4.79 Å². The van der Waals surface area contributed by atoms with Crippen molar-refractivity contribution in [3.63, 3.8) is 0 Å². The van der Waals surface area contributed by atoms with E-state index in [1.165, 1.54) is 6.39 Å². The molecule has 0 spiro atoms. The average Bonchev–Trinajstić information content (AvgIpc) is 2.61. The van der Waals surface area contributed by atoms with Gasteiger partial charge >= 0.3 is 0 Å². The zero-order valence-corrected chi connectivity index (χ0v) is 11.4. The molecule has 0 aliphatic heterocycles. The van der Waals surface area contributed by atoms with Crippen molar-refractivity contribution in [1.82, 2.24) is 10.3 Å². The molecule has 0 atom stereocenters. The molecule has 0 aromatic carbocycles. The molecule has 1 heterocycles. The van der Waals surface area contributed by atoms with Crippen LogP contribution in [0.3, 0.4) is 0 Å². The van der Waals surface area contributed by atoms with Gasteiger partial charge in [-0.25, -0.2) is 4.98 Å². The Morgan fingerprint density at radius 2 is 2.31 bits per heavy atom. The lowest BCUT2D eigenvalue weighted by atomic mass is 9.90. The maximum atomic E-state index is 11.7. The van der Waals surface area contributed by atoms with E-state index in [0.717, 1.165) is 11.8 Å². The van der Waals surface area contributed by atoms with Gasteiger partial charge in [-0.2, -0.15) is 0 Å². The van der Waals surface area contributed by atoms with Gasteiger partial charge in [-0.1, -0.05) is 29.8 Å². The van der Waals surface area contributed by atoms with E-state index >= 15 is 0 Å². The smallest absolute Gasteiger partial charge is 0.289 e. The maximum absolute atomic E-state index is 11.7. The van der Waals surface area contributed by atoms with E-state index in [2.05, 4.69) is 40.1 Å². The normalized spacial score (nSPS) is 11.5. The van der Waals surface area contributed by atoms with Crippen LogP contribution >= 0.6 is 15.9 Å². The summed E-state index contributed by atoms with van der Waals surface area (Å²) in [6.45, 7) is 6.60. The second-order valence-corrected chi connectivity index (χ2v) is 5.35. The minimum atomic E-state index is -0.197. The number of rotatable bonds is 5. The fourth-order valence-corrected chi connectivity index (χ4v) is 2.34. The zero-order chi connectivity index (χ0) is 12.2. The highest BCUT2D eigenvalue weighted by Gasteiger charge is 2.20. The van der Waals surface area contributed by atoms with Gasteiger partial charge in [0.2, 0.25) is 5.76 Å². The van der Waals surface area contributed by atoms with Crippen molar-refractivity contribution in [2.45, 2.75) is 27.2 Å². The van der Waals surface area contributed by atoms with Gasteiger partial charge in [0, 0.05) is 11.9 Å². The quantitative estimate of drug-likeness (QED) is 0.847. The highest BCUT2D eigenvalue weighted by molar-refractivity contribution is 9.09. The fraction of sp³-hybridized carbons (Fsp3) is 0.636. The summed E-state index contributed by atoms with van der Waals surface area (Å²) in [7, 11) is 0. The summed E-state index contributed by atoms with van der Waals surface area (Å²) in [5, 5.41) is 3.79. The number of carbonyl (C=O) groups excluding carboxylic acids is 1. The molecule has 1 aromatic rings. The lowest BCUT2D eigenvalue weighted by Gasteiger charge is -2.23. The molecule has 90 valence electrons. The predicted octanol–water partition coefficient (Wildman–Crippen LogP) is 2.52. The molecule has 0 bridgehead atoms. The van der Waals surface area contributed by atoms with Gasteiger partial charge < -0.3 is 9.73 Å². The third-order valence-electron chi connectivity index (χ3n) is 2.45. The fourth-order valence-electron chi connectivity index (χ4n) is 1.26. The third kappa shape index (κ3) is 3.63. The van der Waals surface area contributed by atoms with Crippen LogP contribution in [0.4, 0.5) is 0 Å². The molecule has 0 aliphatic carbocycles. The van der Waals surface area contributed by atoms with E-state index in [9.17, 15) is 4.79 Å². The Labute approximate surface area is 104 Å². The molecular formula is C11H17BrN2O2. The Kier molecular flexibility index (Phi) is 4.53. The summed E-state index contributed by atoms with van der Waals surface area (Å²) in [6.07, 6.45) is 2.29. The van der Waals surface area contributed by atoms with Crippen molar-refractivity contribution in [3.05, 3.63) is 17.8 Å². The first-order valence-corrected chi connectivity index (χ1v) is 6.33. The number of halogens is 1. The lowest BCUT2D eigenvalue weighted by Crippen LogP contribution is -2.34. The number of aryl methyl sites for hydroxylation is 1.